The molecule has 0 saturated carbocycles. The van der Waals surface area contributed by atoms with E-state index in [4.69, 9.17) is 26.4 Å². The maximum Gasteiger partial charge on any atom is 0.402 e. The summed E-state index contributed by atoms with van der Waals surface area (Å²) in [5.74, 6) is -4.96. The first-order valence-electron chi connectivity index (χ1n) is 11.0. The molecule has 8 nitrogen and oxygen atoms in total. The summed E-state index contributed by atoms with van der Waals surface area (Å²) in [6.07, 6.45) is -8.33. The van der Waals surface area contributed by atoms with Gasteiger partial charge in [0.15, 0.2) is 11.0 Å². The largest absolute Gasteiger partial charge is 0.459 e. The molecule has 2 fully saturated rings. The lowest BCUT2D eigenvalue weighted by molar-refractivity contribution is -0.193. The molecule has 4 rings (SSSR count). The van der Waals surface area contributed by atoms with Crippen LogP contribution in [0.15, 0.2) is 60.7 Å². The maximum absolute atomic E-state index is 13.4. The van der Waals surface area contributed by atoms with E-state index in [1.807, 2.05) is 0 Å². The lowest BCUT2D eigenvalue weighted by atomic mass is 10.0. The average molecular weight is 523 g/mol. The van der Waals surface area contributed by atoms with Gasteiger partial charge in [-0.25, -0.2) is 9.59 Å². The SMILES string of the molecule is O=C(OC[C@H]1O[C@@H](N2C(=O)C(C(F)(F)F)CNC2=S)C[C@@H]1OC(=O)c1ccccc1)c1ccccc1. The first kappa shape index (κ1) is 25.6. The highest BCUT2D eigenvalue weighted by atomic mass is 32.1. The van der Waals surface area contributed by atoms with Gasteiger partial charge in [-0.3, -0.25) is 9.69 Å². The minimum absolute atomic E-state index is 0.176. The second-order valence-electron chi connectivity index (χ2n) is 8.13. The summed E-state index contributed by atoms with van der Waals surface area (Å²) in [5, 5.41) is 2.17. The number of benzene rings is 2. The summed E-state index contributed by atoms with van der Waals surface area (Å²) in [6.45, 7) is -1.06. The summed E-state index contributed by atoms with van der Waals surface area (Å²) in [5.41, 5.74) is 0.513. The molecule has 1 amide bonds. The van der Waals surface area contributed by atoms with Gasteiger partial charge in [0.2, 0.25) is 5.91 Å². The number of nitrogens with one attached hydrogen (secondary N) is 1. The number of esters is 2. The topological polar surface area (TPSA) is 94.2 Å². The van der Waals surface area contributed by atoms with E-state index in [2.05, 4.69) is 5.32 Å². The third-order valence-electron chi connectivity index (χ3n) is 5.73. The van der Waals surface area contributed by atoms with Crippen molar-refractivity contribution in [3.8, 4) is 0 Å². The number of nitrogens with zero attached hydrogens (tertiary/aromatic N) is 1. The standard InChI is InChI=1S/C24H21F3N2O6S/c25-24(26,27)16-12-28-23(36)29(20(16)30)19-11-17(35-22(32)15-9-5-2-6-10-15)18(34-19)13-33-21(31)14-7-3-1-4-8-14/h1-10,16-19H,11-13H2,(H,28,36)/t16?,17-,18+,19+/m0/s1. The molecule has 0 bridgehead atoms. The number of rotatable bonds is 6. The lowest BCUT2D eigenvalue weighted by Crippen LogP contribution is -2.61. The van der Waals surface area contributed by atoms with Crippen molar-refractivity contribution < 1.29 is 41.8 Å². The third kappa shape index (κ3) is 5.65. The molecule has 2 aliphatic rings. The number of hydrogen-bond acceptors (Lipinski definition) is 7. The second kappa shape index (κ2) is 10.6. The number of hydrogen-bond donors (Lipinski definition) is 1. The fourth-order valence-electron chi connectivity index (χ4n) is 3.89. The first-order chi connectivity index (χ1) is 17.1. The van der Waals surface area contributed by atoms with E-state index >= 15 is 0 Å². The zero-order chi connectivity index (χ0) is 25.9. The number of amides is 1. The Labute approximate surface area is 209 Å². The normalized spacial score (nSPS) is 24.2. The van der Waals surface area contributed by atoms with Gasteiger partial charge in [0.25, 0.3) is 0 Å². The van der Waals surface area contributed by atoms with Crippen LogP contribution in [0.4, 0.5) is 13.2 Å². The molecule has 2 aromatic rings. The Morgan fingerprint density at radius 3 is 2.19 bits per heavy atom. The van der Waals surface area contributed by atoms with Gasteiger partial charge in [-0.1, -0.05) is 36.4 Å². The summed E-state index contributed by atoms with van der Waals surface area (Å²) in [4.78, 5) is 38.4. The zero-order valence-electron chi connectivity index (χ0n) is 18.6. The van der Waals surface area contributed by atoms with Gasteiger partial charge in [0, 0.05) is 13.0 Å². The van der Waals surface area contributed by atoms with Crippen LogP contribution >= 0.6 is 12.2 Å². The van der Waals surface area contributed by atoms with E-state index < -0.39 is 54.9 Å². The van der Waals surface area contributed by atoms with E-state index in [1.165, 1.54) is 12.1 Å². The van der Waals surface area contributed by atoms with Gasteiger partial charge in [0.1, 0.15) is 25.0 Å². The van der Waals surface area contributed by atoms with Crippen LogP contribution in [0, 0.1) is 5.92 Å². The molecule has 1 unspecified atom stereocenters. The maximum atomic E-state index is 13.4. The molecule has 0 aromatic heterocycles. The van der Waals surface area contributed by atoms with Crippen molar-refractivity contribution in [3.63, 3.8) is 0 Å². The molecule has 0 aliphatic carbocycles. The molecule has 36 heavy (non-hydrogen) atoms. The minimum Gasteiger partial charge on any atom is -0.459 e. The molecule has 2 aliphatic heterocycles. The Kier molecular flexibility index (Phi) is 7.55. The fraction of sp³-hybridized carbons (Fsp3) is 0.333. The predicted octanol–water partition coefficient (Wildman–Crippen LogP) is 3.08. The Bertz CT molecular complexity index is 1130. The monoisotopic (exact) mass is 522 g/mol. The Balaban J connectivity index is 1.52. The van der Waals surface area contributed by atoms with Crippen molar-refractivity contribution >= 4 is 35.2 Å². The van der Waals surface area contributed by atoms with E-state index in [9.17, 15) is 27.6 Å². The van der Waals surface area contributed by atoms with Crippen molar-refractivity contribution in [3.05, 3.63) is 71.8 Å². The van der Waals surface area contributed by atoms with Gasteiger partial charge in [-0.05, 0) is 36.5 Å². The van der Waals surface area contributed by atoms with Crippen LogP contribution in [0.25, 0.3) is 0 Å². The van der Waals surface area contributed by atoms with E-state index in [1.54, 1.807) is 48.5 Å². The van der Waals surface area contributed by atoms with Crippen molar-refractivity contribution in [2.75, 3.05) is 13.2 Å². The molecule has 1 N–H and O–H groups in total. The van der Waals surface area contributed by atoms with Crippen molar-refractivity contribution in [1.82, 2.24) is 10.2 Å². The van der Waals surface area contributed by atoms with E-state index in [0.29, 0.717) is 4.90 Å². The Morgan fingerprint density at radius 2 is 1.61 bits per heavy atom. The van der Waals surface area contributed by atoms with Crippen LogP contribution in [0.5, 0.6) is 0 Å². The number of thiocarbonyl (C=S) groups is 1. The Morgan fingerprint density at radius 1 is 1.03 bits per heavy atom. The van der Waals surface area contributed by atoms with Crippen molar-refractivity contribution in [1.29, 1.82) is 0 Å². The van der Waals surface area contributed by atoms with Crippen LogP contribution in [0.1, 0.15) is 27.1 Å². The highest BCUT2D eigenvalue weighted by molar-refractivity contribution is 7.80. The minimum atomic E-state index is -4.79. The van der Waals surface area contributed by atoms with Crippen LogP contribution in [0.3, 0.4) is 0 Å². The summed E-state index contributed by atoms with van der Waals surface area (Å²) in [7, 11) is 0. The van der Waals surface area contributed by atoms with Gasteiger partial charge in [0.05, 0.1) is 11.1 Å². The molecular weight excluding hydrogens is 501 g/mol. The third-order valence-corrected chi connectivity index (χ3v) is 6.07. The number of halogens is 3. The first-order valence-corrected chi connectivity index (χ1v) is 11.4. The summed E-state index contributed by atoms with van der Waals surface area (Å²) in [6, 6.07) is 16.2. The Hall–Kier alpha value is -3.51. The van der Waals surface area contributed by atoms with Crippen LogP contribution in [-0.4, -0.2) is 65.6 Å². The van der Waals surface area contributed by atoms with Crippen molar-refractivity contribution in [2.24, 2.45) is 5.92 Å². The molecular formula is C24H21F3N2O6S. The van der Waals surface area contributed by atoms with Gasteiger partial charge in [-0.15, -0.1) is 0 Å². The molecule has 0 radical (unpaired) electrons. The molecule has 12 heteroatoms. The number of ether oxygens (including phenoxy) is 3. The van der Waals surface area contributed by atoms with E-state index in [-0.39, 0.29) is 29.3 Å². The fourth-order valence-corrected chi connectivity index (χ4v) is 4.18. The smallest absolute Gasteiger partial charge is 0.402 e. The van der Waals surface area contributed by atoms with Crippen molar-refractivity contribution in [2.45, 2.75) is 31.0 Å². The highest BCUT2D eigenvalue weighted by Crippen LogP contribution is 2.34. The molecule has 4 atom stereocenters. The van der Waals surface area contributed by atoms with Crippen LogP contribution in [-0.2, 0) is 19.0 Å². The lowest BCUT2D eigenvalue weighted by Gasteiger charge is -2.37. The number of alkyl halides is 3. The van der Waals surface area contributed by atoms with Gasteiger partial charge in [-0.2, -0.15) is 13.2 Å². The number of carbonyl (C=O) groups is 3. The average Bonchev–Trinajstić information content (AvgIpc) is 3.24. The zero-order valence-corrected chi connectivity index (χ0v) is 19.5. The summed E-state index contributed by atoms with van der Waals surface area (Å²) < 4.78 is 56.7. The molecule has 2 aromatic carbocycles. The predicted molar refractivity (Wildman–Crippen MR) is 123 cm³/mol. The van der Waals surface area contributed by atoms with Gasteiger partial charge < -0.3 is 19.5 Å². The summed E-state index contributed by atoms with van der Waals surface area (Å²) >= 11 is 5.08. The van der Waals surface area contributed by atoms with Crippen LogP contribution in [0.2, 0.25) is 0 Å². The molecule has 0 spiro atoms. The molecule has 2 heterocycles. The van der Waals surface area contributed by atoms with E-state index in [0.717, 1.165) is 0 Å². The number of carbonyl (C=O) groups excluding carboxylic acids is 3. The van der Waals surface area contributed by atoms with Crippen LogP contribution < -0.4 is 5.32 Å². The molecule has 2 saturated heterocycles. The highest BCUT2D eigenvalue weighted by Gasteiger charge is 2.53. The molecule has 190 valence electrons. The second-order valence-corrected chi connectivity index (χ2v) is 8.51. The van der Waals surface area contributed by atoms with Gasteiger partial charge >= 0.3 is 18.1 Å². The quantitative estimate of drug-likeness (QED) is 0.457.